The van der Waals surface area contributed by atoms with Gasteiger partial charge in [0, 0.05) is 29.7 Å². The molecule has 1 aliphatic heterocycles. The molecule has 2 heterocycles. The van der Waals surface area contributed by atoms with Gasteiger partial charge in [-0.1, -0.05) is 79.7 Å². The van der Waals surface area contributed by atoms with Crippen molar-refractivity contribution < 1.29 is 5.11 Å². The van der Waals surface area contributed by atoms with E-state index in [1.807, 2.05) is 56.3 Å². The number of hydrogen-bond donors (Lipinski definition) is 2. The normalized spacial score (nSPS) is 13.0. The van der Waals surface area contributed by atoms with E-state index in [0.29, 0.717) is 49.5 Å². The van der Waals surface area contributed by atoms with Gasteiger partial charge in [0.15, 0.2) is 0 Å². The Morgan fingerprint density at radius 2 is 1.28 bits per heavy atom. The van der Waals surface area contributed by atoms with Crippen LogP contribution in [0.4, 0.5) is 17.1 Å². The smallest absolute Gasteiger partial charge is 0.263 e. The zero-order chi connectivity index (χ0) is 36.4. The first kappa shape index (κ1) is 35.8. The third kappa shape index (κ3) is 5.84. The van der Waals surface area contributed by atoms with Gasteiger partial charge >= 0.3 is 0 Å². The van der Waals surface area contributed by atoms with Crippen molar-refractivity contribution in [2.45, 2.75) is 92.2 Å². The highest BCUT2D eigenvalue weighted by Crippen LogP contribution is 2.49. The fraction of sp³-hybridized carbons (Fsp3) is 0.350. The summed E-state index contributed by atoms with van der Waals surface area (Å²) in [6.07, 6.45) is 1.13. The highest BCUT2D eigenvalue weighted by molar-refractivity contribution is 9.11. The summed E-state index contributed by atoms with van der Waals surface area (Å²) >= 11 is 7.49. The molecule has 0 spiro atoms. The molecule has 2 aliphatic rings. The Hall–Kier alpha value is -4.02. The van der Waals surface area contributed by atoms with E-state index in [1.165, 1.54) is 9.13 Å². The number of pyridine rings is 2. The van der Waals surface area contributed by atoms with Crippen LogP contribution in [0.25, 0.3) is 32.7 Å². The molecule has 10 heteroatoms. The molecule has 8 nitrogen and oxygen atoms in total. The van der Waals surface area contributed by atoms with Gasteiger partial charge in [-0.3, -0.25) is 23.5 Å². The quantitative estimate of drug-likeness (QED) is 0.157. The third-order valence-electron chi connectivity index (χ3n) is 9.30. The van der Waals surface area contributed by atoms with Crippen LogP contribution >= 0.6 is 31.9 Å². The topological polar surface area (TPSA) is 106 Å². The van der Waals surface area contributed by atoms with Crippen LogP contribution in [-0.2, 0) is 23.9 Å². The van der Waals surface area contributed by atoms with Crippen molar-refractivity contribution in [3.63, 3.8) is 0 Å². The van der Waals surface area contributed by atoms with Crippen LogP contribution in [0.15, 0.2) is 76.9 Å². The lowest BCUT2D eigenvalue weighted by atomic mass is 9.86. The Morgan fingerprint density at radius 1 is 0.700 bits per heavy atom. The first-order valence-electron chi connectivity index (χ1n) is 17.0. The molecule has 4 aromatic rings. The lowest BCUT2D eigenvalue weighted by Gasteiger charge is -2.25. The lowest BCUT2D eigenvalue weighted by molar-refractivity contribution is 0.413. The summed E-state index contributed by atoms with van der Waals surface area (Å²) in [5.41, 5.74) is 2.73. The van der Waals surface area contributed by atoms with Crippen LogP contribution in [0.1, 0.15) is 79.4 Å². The average Bonchev–Trinajstić information content (AvgIpc) is 3.05. The van der Waals surface area contributed by atoms with Gasteiger partial charge < -0.3 is 10.4 Å². The molecule has 1 aromatic heterocycles. The maximum atomic E-state index is 14.6. The standard InChI is InChI=1S/C40H42Br2N4O4/c1-9-17-45-35(47)27-25-26-29(33(31(27)41)43-23-15-11-13-21(19-23)39(3,4)5)37(49)46(18-10-2)38(50)30(26)34(32(42)28(25)36(45)48)44-24-16-12-14-22(20-24)40(6,7)8/h11-16,19-20,43,49H,9-10,17-18H2,1-8H3. The van der Waals surface area contributed by atoms with Gasteiger partial charge in [-0.05, 0) is 90.9 Å². The van der Waals surface area contributed by atoms with Crippen molar-refractivity contribution in [1.29, 1.82) is 0 Å². The summed E-state index contributed by atoms with van der Waals surface area (Å²) < 4.78 is 3.32. The fourth-order valence-electron chi connectivity index (χ4n) is 6.70. The third-order valence-corrected chi connectivity index (χ3v) is 10.9. The first-order valence-corrected chi connectivity index (χ1v) is 18.6. The van der Waals surface area contributed by atoms with Gasteiger partial charge in [0.2, 0.25) is 5.88 Å². The highest BCUT2D eigenvalue weighted by atomic mass is 79.9. The molecular weight excluding hydrogens is 760 g/mol. The van der Waals surface area contributed by atoms with Crippen LogP contribution in [-0.4, -0.2) is 14.2 Å². The zero-order valence-electron chi connectivity index (χ0n) is 29.7. The Kier molecular flexibility index (Phi) is 9.27. The van der Waals surface area contributed by atoms with Crippen LogP contribution in [0.2, 0.25) is 0 Å². The summed E-state index contributed by atoms with van der Waals surface area (Å²) in [4.78, 5) is 48.3. The van der Waals surface area contributed by atoms with Gasteiger partial charge in [0.1, 0.15) is 0 Å². The van der Waals surface area contributed by atoms with Gasteiger partial charge in [-0.2, -0.15) is 0 Å². The van der Waals surface area contributed by atoms with Gasteiger partial charge in [-0.25, -0.2) is 4.99 Å². The summed E-state index contributed by atoms with van der Waals surface area (Å²) in [6, 6.07) is 15.8. The van der Waals surface area contributed by atoms with Crippen LogP contribution in [0.3, 0.4) is 0 Å². The predicted octanol–water partition coefficient (Wildman–Crippen LogP) is 9.28. The van der Waals surface area contributed by atoms with Gasteiger partial charge in [0.25, 0.3) is 16.7 Å². The Morgan fingerprint density at radius 3 is 1.90 bits per heavy atom. The second-order valence-electron chi connectivity index (χ2n) is 15.0. The second-order valence-corrected chi connectivity index (χ2v) is 16.6. The maximum absolute atomic E-state index is 14.6. The van der Waals surface area contributed by atoms with E-state index in [4.69, 9.17) is 4.99 Å². The van der Waals surface area contributed by atoms with Crippen molar-refractivity contribution in [3.8, 4) is 17.0 Å². The molecule has 0 unspecified atom stereocenters. The van der Waals surface area contributed by atoms with E-state index < -0.39 is 16.7 Å². The minimum absolute atomic E-state index is 0.136. The molecule has 0 bridgehead atoms. The Bertz CT molecular complexity index is 2500. The van der Waals surface area contributed by atoms with Crippen LogP contribution in [0.5, 0.6) is 5.88 Å². The van der Waals surface area contributed by atoms with Crippen molar-refractivity contribution in [3.05, 3.63) is 105 Å². The number of benzene rings is 4. The Balaban J connectivity index is 1.90. The summed E-state index contributed by atoms with van der Waals surface area (Å²) in [5.74, 6) is -0.254. The molecule has 1 aliphatic carbocycles. The molecule has 260 valence electrons. The van der Waals surface area contributed by atoms with Crippen molar-refractivity contribution in [2.24, 2.45) is 4.99 Å². The highest BCUT2D eigenvalue weighted by Gasteiger charge is 2.33. The van der Waals surface area contributed by atoms with E-state index >= 15 is 0 Å². The van der Waals surface area contributed by atoms with E-state index in [9.17, 15) is 19.5 Å². The number of nitrogens with one attached hydrogen (secondary N) is 1. The molecule has 0 radical (unpaired) electrons. The first-order chi connectivity index (χ1) is 23.5. The monoisotopic (exact) mass is 800 g/mol. The van der Waals surface area contributed by atoms with E-state index in [2.05, 4.69) is 84.8 Å². The number of aromatic nitrogens is 2. The van der Waals surface area contributed by atoms with Gasteiger partial charge in [-0.15, -0.1) is 0 Å². The number of anilines is 2. The summed E-state index contributed by atoms with van der Waals surface area (Å²) in [5, 5.41) is 16.9. The Labute approximate surface area is 307 Å². The molecule has 0 fully saturated rings. The molecule has 2 N–H and O–H groups in total. The number of hydrogen-bond acceptors (Lipinski definition) is 6. The lowest BCUT2D eigenvalue weighted by Crippen LogP contribution is -2.37. The largest absolute Gasteiger partial charge is 0.494 e. The SMILES string of the molecule is CCCn1c(O)c2c(Nc3cccc(C(C)(C)C)c3)c(Br)c3c4c2c(c(=Nc2cccc(C(C)(C)C)c2)c(Br)c-4c(=O)n(CCC)c3=O)c1=O. The number of aromatic hydroxyl groups is 1. The zero-order valence-corrected chi connectivity index (χ0v) is 32.9. The molecule has 0 saturated heterocycles. The summed E-state index contributed by atoms with van der Waals surface area (Å²) in [7, 11) is 0. The van der Waals surface area contributed by atoms with Gasteiger partial charge in [0.05, 0.1) is 47.4 Å². The molecule has 0 atom stereocenters. The van der Waals surface area contributed by atoms with E-state index in [0.717, 1.165) is 16.8 Å². The minimum Gasteiger partial charge on any atom is -0.494 e. The number of rotatable bonds is 7. The van der Waals surface area contributed by atoms with E-state index in [-0.39, 0.29) is 51.5 Å². The van der Waals surface area contributed by atoms with Crippen LogP contribution in [0, 0.1) is 0 Å². The predicted molar refractivity (Wildman–Crippen MR) is 212 cm³/mol. The molecule has 0 amide bonds. The molecule has 6 rings (SSSR count). The summed E-state index contributed by atoms with van der Waals surface area (Å²) in [6.45, 7) is 17.0. The second kappa shape index (κ2) is 12.9. The van der Waals surface area contributed by atoms with Crippen molar-refractivity contribution in [1.82, 2.24) is 9.13 Å². The number of nitrogens with zero attached hydrogens (tertiary/aromatic N) is 3. The molecular formula is C40H42Br2N4O4. The van der Waals surface area contributed by atoms with E-state index in [1.54, 1.807) is 0 Å². The van der Waals surface area contributed by atoms with Crippen LogP contribution < -0.4 is 27.4 Å². The molecule has 3 aromatic carbocycles. The maximum Gasteiger partial charge on any atom is 0.263 e. The number of halogens is 2. The minimum atomic E-state index is -0.484. The molecule has 50 heavy (non-hydrogen) atoms. The molecule has 0 saturated carbocycles. The average molecular weight is 803 g/mol. The fourth-order valence-corrected chi connectivity index (χ4v) is 8.02. The van der Waals surface area contributed by atoms with Crippen molar-refractivity contribution >= 4 is 70.5 Å². The van der Waals surface area contributed by atoms with Crippen molar-refractivity contribution in [2.75, 3.05) is 5.32 Å².